The Morgan fingerprint density at radius 2 is 2.09 bits per heavy atom. The molecule has 1 aliphatic rings. The fraction of sp³-hybridized carbons (Fsp3) is 0.278. The number of nitriles is 1. The Morgan fingerprint density at radius 3 is 2.70 bits per heavy atom. The van der Waals surface area contributed by atoms with Gasteiger partial charge in [0.25, 0.3) is 0 Å². The van der Waals surface area contributed by atoms with Gasteiger partial charge < -0.3 is 15.4 Å². The van der Waals surface area contributed by atoms with Gasteiger partial charge >= 0.3 is 0 Å². The van der Waals surface area contributed by atoms with E-state index in [4.69, 9.17) is 10.5 Å². The van der Waals surface area contributed by atoms with E-state index >= 15 is 0 Å². The first-order valence-electron chi connectivity index (χ1n) is 7.69. The topological polar surface area (TPSA) is 62.3 Å². The van der Waals surface area contributed by atoms with Crippen LogP contribution < -0.4 is 15.4 Å². The fourth-order valence-electron chi connectivity index (χ4n) is 2.98. The van der Waals surface area contributed by atoms with Crippen LogP contribution in [0.25, 0.3) is 0 Å². The van der Waals surface area contributed by atoms with E-state index in [0.717, 1.165) is 35.0 Å². The molecule has 0 bridgehead atoms. The van der Waals surface area contributed by atoms with E-state index in [9.17, 15) is 5.26 Å². The molecule has 0 saturated carbocycles. The van der Waals surface area contributed by atoms with E-state index in [2.05, 4.69) is 36.9 Å². The van der Waals surface area contributed by atoms with Crippen molar-refractivity contribution in [1.82, 2.24) is 0 Å². The minimum Gasteiger partial charge on any atom is -0.440 e. The van der Waals surface area contributed by atoms with Gasteiger partial charge in [-0.2, -0.15) is 5.26 Å². The van der Waals surface area contributed by atoms with Crippen molar-refractivity contribution < 1.29 is 4.74 Å². The molecule has 2 aromatic rings. The molecule has 0 spiro atoms. The number of nitrogens with two attached hydrogens (primary N) is 1. The molecule has 1 aromatic carbocycles. The highest BCUT2D eigenvalue weighted by Crippen LogP contribution is 2.44. The van der Waals surface area contributed by atoms with Gasteiger partial charge in [0.15, 0.2) is 0 Å². The van der Waals surface area contributed by atoms with Gasteiger partial charge in [0.2, 0.25) is 5.88 Å². The van der Waals surface area contributed by atoms with Crippen LogP contribution in [0.5, 0.6) is 5.75 Å². The van der Waals surface area contributed by atoms with E-state index in [1.807, 2.05) is 23.6 Å². The molecule has 1 aromatic heterocycles. The summed E-state index contributed by atoms with van der Waals surface area (Å²) in [7, 11) is 0. The molecule has 3 rings (SSSR count). The maximum atomic E-state index is 9.50. The fourth-order valence-corrected chi connectivity index (χ4v) is 3.83. The van der Waals surface area contributed by atoms with Crippen LogP contribution in [0.2, 0.25) is 0 Å². The Labute approximate surface area is 140 Å². The average molecular weight is 325 g/mol. The molecule has 1 atom stereocenters. The lowest BCUT2D eigenvalue weighted by atomic mass is 9.88. The zero-order chi connectivity index (χ0) is 16.4. The molecule has 0 radical (unpaired) electrons. The van der Waals surface area contributed by atoms with Crippen LogP contribution >= 0.6 is 11.3 Å². The summed E-state index contributed by atoms with van der Waals surface area (Å²) < 4.78 is 5.76. The number of hydrogen-bond donors (Lipinski definition) is 1. The molecule has 0 fully saturated rings. The first-order valence-corrected chi connectivity index (χ1v) is 8.57. The summed E-state index contributed by atoms with van der Waals surface area (Å²) in [6, 6.07) is 12.4. The molecule has 5 heteroatoms. The summed E-state index contributed by atoms with van der Waals surface area (Å²) >= 11 is 1.63. The largest absolute Gasteiger partial charge is 0.440 e. The normalized spacial score (nSPS) is 16.5. The lowest BCUT2D eigenvalue weighted by Gasteiger charge is -2.28. The van der Waals surface area contributed by atoms with Gasteiger partial charge in [-0.05, 0) is 31.4 Å². The Bertz CT molecular complexity index is 770. The van der Waals surface area contributed by atoms with Crippen molar-refractivity contribution in [2.75, 3.05) is 18.0 Å². The van der Waals surface area contributed by atoms with E-state index in [-0.39, 0.29) is 11.8 Å². The first kappa shape index (κ1) is 15.4. The second-order valence-corrected chi connectivity index (χ2v) is 6.31. The van der Waals surface area contributed by atoms with Gasteiger partial charge in [-0.25, -0.2) is 0 Å². The van der Waals surface area contributed by atoms with Gasteiger partial charge in [0.05, 0.1) is 5.92 Å². The number of hydrogen-bond acceptors (Lipinski definition) is 5. The van der Waals surface area contributed by atoms with E-state index in [1.165, 1.54) is 0 Å². The summed E-state index contributed by atoms with van der Waals surface area (Å²) in [5, 5.41) is 11.5. The van der Waals surface area contributed by atoms with Crippen LogP contribution in [-0.4, -0.2) is 13.1 Å². The lowest BCUT2D eigenvalue weighted by molar-refractivity contribution is 0.394. The number of fused-ring (bicyclic) bond motifs is 1. The SMILES string of the molecule is CCN(CC)c1ccc2c(c1)OC(N)=C(C#N)[C@H]2c1cccs1. The maximum absolute atomic E-state index is 9.50. The van der Waals surface area contributed by atoms with Crippen molar-refractivity contribution in [1.29, 1.82) is 5.26 Å². The van der Waals surface area contributed by atoms with Crippen molar-refractivity contribution in [3.63, 3.8) is 0 Å². The molecule has 2 N–H and O–H groups in total. The van der Waals surface area contributed by atoms with E-state index in [0.29, 0.717) is 5.57 Å². The Hall–Kier alpha value is -2.45. The third-order valence-electron chi connectivity index (χ3n) is 4.16. The molecule has 0 amide bonds. The zero-order valence-corrected chi connectivity index (χ0v) is 14.1. The highest BCUT2D eigenvalue weighted by molar-refractivity contribution is 7.10. The average Bonchev–Trinajstić information content (AvgIpc) is 3.08. The summed E-state index contributed by atoms with van der Waals surface area (Å²) in [6.45, 7) is 6.11. The number of thiophene rings is 1. The van der Waals surface area contributed by atoms with Crippen LogP contribution in [0.3, 0.4) is 0 Å². The van der Waals surface area contributed by atoms with Crippen LogP contribution in [0.1, 0.15) is 30.2 Å². The van der Waals surface area contributed by atoms with Gasteiger partial charge in [-0.3, -0.25) is 0 Å². The predicted molar refractivity (Wildman–Crippen MR) is 93.6 cm³/mol. The van der Waals surface area contributed by atoms with Gasteiger partial charge in [-0.15, -0.1) is 11.3 Å². The van der Waals surface area contributed by atoms with Crippen molar-refractivity contribution in [3.05, 3.63) is 57.6 Å². The lowest BCUT2D eigenvalue weighted by Crippen LogP contribution is -2.24. The van der Waals surface area contributed by atoms with Crippen LogP contribution in [0.15, 0.2) is 47.2 Å². The predicted octanol–water partition coefficient (Wildman–Crippen LogP) is 3.81. The van der Waals surface area contributed by atoms with Crippen molar-refractivity contribution >= 4 is 17.0 Å². The zero-order valence-electron chi connectivity index (χ0n) is 13.2. The molecule has 2 heterocycles. The molecule has 118 valence electrons. The number of allylic oxidation sites excluding steroid dienone is 1. The van der Waals surface area contributed by atoms with E-state index in [1.54, 1.807) is 11.3 Å². The number of nitrogens with zero attached hydrogens (tertiary/aromatic N) is 2. The summed E-state index contributed by atoms with van der Waals surface area (Å²) in [5.41, 5.74) is 8.60. The van der Waals surface area contributed by atoms with Gasteiger partial charge in [0.1, 0.15) is 17.4 Å². The maximum Gasteiger partial charge on any atom is 0.205 e. The molecule has 0 aliphatic carbocycles. The first-order chi connectivity index (χ1) is 11.2. The third kappa shape index (κ3) is 2.66. The smallest absolute Gasteiger partial charge is 0.205 e. The van der Waals surface area contributed by atoms with Gasteiger partial charge in [-0.1, -0.05) is 12.1 Å². The van der Waals surface area contributed by atoms with E-state index < -0.39 is 0 Å². The third-order valence-corrected chi connectivity index (χ3v) is 5.10. The van der Waals surface area contributed by atoms with Crippen molar-refractivity contribution in [2.24, 2.45) is 5.73 Å². The Morgan fingerprint density at radius 1 is 1.30 bits per heavy atom. The molecule has 0 saturated heterocycles. The monoisotopic (exact) mass is 325 g/mol. The number of ether oxygens (including phenoxy) is 1. The second-order valence-electron chi connectivity index (χ2n) is 5.33. The highest BCUT2D eigenvalue weighted by atomic mass is 32.1. The number of anilines is 1. The number of benzene rings is 1. The Balaban J connectivity index is 2.11. The van der Waals surface area contributed by atoms with Crippen LogP contribution in [-0.2, 0) is 0 Å². The molecular formula is C18H19N3OS. The number of rotatable bonds is 4. The molecule has 1 aliphatic heterocycles. The second kappa shape index (κ2) is 6.35. The standard InChI is InChI=1S/C18H19N3OS/c1-3-21(4-2)12-7-8-13-15(10-12)22-18(20)14(11-19)17(13)16-6-5-9-23-16/h5-10,17H,3-4,20H2,1-2H3/t17-/m0/s1. The molecule has 4 nitrogen and oxygen atoms in total. The summed E-state index contributed by atoms with van der Waals surface area (Å²) in [5.74, 6) is 0.800. The highest BCUT2D eigenvalue weighted by Gasteiger charge is 2.31. The summed E-state index contributed by atoms with van der Waals surface area (Å²) in [4.78, 5) is 3.35. The van der Waals surface area contributed by atoms with Crippen LogP contribution in [0, 0.1) is 11.3 Å². The van der Waals surface area contributed by atoms with Crippen molar-refractivity contribution in [3.8, 4) is 11.8 Å². The molecule has 23 heavy (non-hydrogen) atoms. The summed E-state index contributed by atoms with van der Waals surface area (Å²) in [6.07, 6.45) is 0. The minimum absolute atomic E-state index is 0.144. The quantitative estimate of drug-likeness (QED) is 0.928. The molecular weight excluding hydrogens is 306 g/mol. The molecule has 0 unspecified atom stereocenters. The Kier molecular flexibility index (Phi) is 4.26. The van der Waals surface area contributed by atoms with Crippen LogP contribution in [0.4, 0.5) is 5.69 Å². The van der Waals surface area contributed by atoms with Crippen molar-refractivity contribution in [2.45, 2.75) is 19.8 Å². The van der Waals surface area contributed by atoms with Gasteiger partial charge in [0, 0.05) is 35.3 Å². The minimum atomic E-state index is -0.144.